The van der Waals surface area contributed by atoms with E-state index in [2.05, 4.69) is 10.9 Å². The standard InChI is InChI=1S/C19H13NO4S/c1-2-11-23-14-9-7-13(8-10-14)12-17(18(21)22)25-19-20-15-5-3-4-6-16(15)24-19/h1,3-10,12H,11H2,(H,21,22)/p-1/b17-12+. The fourth-order valence-corrected chi connectivity index (χ4v) is 2.80. The maximum atomic E-state index is 11.4. The lowest BCUT2D eigenvalue weighted by Crippen LogP contribution is -2.22. The van der Waals surface area contributed by atoms with Gasteiger partial charge in [0, 0.05) is 4.91 Å². The van der Waals surface area contributed by atoms with Crippen molar-refractivity contribution in [1.82, 2.24) is 4.98 Å². The summed E-state index contributed by atoms with van der Waals surface area (Å²) in [4.78, 5) is 15.7. The van der Waals surface area contributed by atoms with Crippen molar-refractivity contribution >= 4 is 34.9 Å². The molecule has 0 unspecified atom stereocenters. The van der Waals surface area contributed by atoms with Crippen LogP contribution in [0.4, 0.5) is 0 Å². The molecule has 6 heteroatoms. The van der Waals surface area contributed by atoms with E-state index in [0.717, 1.165) is 11.8 Å². The summed E-state index contributed by atoms with van der Waals surface area (Å²) < 4.78 is 10.8. The fourth-order valence-electron chi connectivity index (χ4n) is 2.06. The second-order valence-electron chi connectivity index (χ2n) is 4.91. The van der Waals surface area contributed by atoms with E-state index in [1.807, 2.05) is 12.1 Å². The summed E-state index contributed by atoms with van der Waals surface area (Å²) in [6.07, 6.45) is 6.62. The fraction of sp³-hybridized carbons (Fsp3) is 0.0526. The first-order valence-electron chi connectivity index (χ1n) is 7.28. The predicted molar refractivity (Wildman–Crippen MR) is 93.6 cm³/mol. The van der Waals surface area contributed by atoms with Crippen molar-refractivity contribution in [3.05, 3.63) is 59.0 Å². The number of nitrogens with zero attached hydrogens (tertiary/aromatic N) is 1. The van der Waals surface area contributed by atoms with Crippen molar-refractivity contribution in [2.45, 2.75) is 5.22 Å². The maximum absolute atomic E-state index is 11.4. The molecule has 0 aliphatic rings. The molecule has 3 rings (SSSR count). The van der Waals surface area contributed by atoms with E-state index in [-0.39, 0.29) is 16.7 Å². The number of ether oxygens (including phenoxy) is 1. The quantitative estimate of drug-likeness (QED) is 0.387. The van der Waals surface area contributed by atoms with E-state index in [4.69, 9.17) is 15.6 Å². The highest BCUT2D eigenvalue weighted by atomic mass is 32.2. The summed E-state index contributed by atoms with van der Waals surface area (Å²) in [6.45, 7) is 0.174. The van der Waals surface area contributed by atoms with Gasteiger partial charge in [0.1, 0.15) is 17.9 Å². The van der Waals surface area contributed by atoms with E-state index in [9.17, 15) is 9.90 Å². The minimum absolute atomic E-state index is 0.0103. The number of para-hydroxylation sites is 2. The van der Waals surface area contributed by atoms with Crippen LogP contribution >= 0.6 is 11.8 Å². The number of carboxylic acid groups (broad SMARTS) is 1. The van der Waals surface area contributed by atoms with Crippen LogP contribution in [-0.4, -0.2) is 17.6 Å². The van der Waals surface area contributed by atoms with E-state index < -0.39 is 5.97 Å². The zero-order chi connectivity index (χ0) is 17.6. The number of fused-ring (bicyclic) bond motifs is 1. The van der Waals surface area contributed by atoms with Crippen LogP contribution in [0.5, 0.6) is 5.75 Å². The van der Waals surface area contributed by atoms with Crippen LogP contribution in [0.25, 0.3) is 17.2 Å². The van der Waals surface area contributed by atoms with Gasteiger partial charge in [-0.05, 0) is 47.7 Å². The normalized spacial score (nSPS) is 11.2. The van der Waals surface area contributed by atoms with Crippen molar-refractivity contribution in [3.63, 3.8) is 0 Å². The van der Waals surface area contributed by atoms with Gasteiger partial charge in [-0.25, -0.2) is 4.98 Å². The Labute approximate surface area is 148 Å². The monoisotopic (exact) mass is 350 g/mol. The highest BCUT2D eigenvalue weighted by molar-refractivity contribution is 8.03. The molecule has 0 aliphatic carbocycles. The van der Waals surface area contributed by atoms with E-state index >= 15 is 0 Å². The molecule has 0 saturated heterocycles. The van der Waals surface area contributed by atoms with E-state index in [1.54, 1.807) is 36.4 Å². The molecule has 0 spiro atoms. The third-order valence-electron chi connectivity index (χ3n) is 3.17. The van der Waals surface area contributed by atoms with Crippen molar-refractivity contribution in [1.29, 1.82) is 0 Å². The van der Waals surface area contributed by atoms with E-state index in [0.29, 0.717) is 22.4 Å². The van der Waals surface area contributed by atoms with Gasteiger partial charge in [0.15, 0.2) is 5.58 Å². The number of carbonyl (C=O) groups is 1. The number of terminal acetylenes is 1. The molecule has 25 heavy (non-hydrogen) atoms. The number of aliphatic carboxylic acids is 1. The summed E-state index contributed by atoms with van der Waals surface area (Å²) in [5, 5.41) is 11.7. The molecule has 1 heterocycles. The number of hydrogen-bond acceptors (Lipinski definition) is 6. The Morgan fingerprint density at radius 3 is 2.72 bits per heavy atom. The molecular weight excluding hydrogens is 338 g/mol. The lowest BCUT2D eigenvalue weighted by molar-refractivity contribution is -0.298. The number of hydrogen-bond donors (Lipinski definition) is 0. The van der Waals surface area contributed by atoms with Gasteiger partial charge in [-0.15, -0.1) is 6.42 Å². The van der Waals surface area contributed by atoms with Crippen molar-refractivity contribution in [2.75, 3.05) is 6.61 Å². The number of aromatic nitrogens is 1. The summed E-state index contributed by atoms with van der Waals surface area (Å²) >= 11 is 0.899. The first-order chi connectivity index (χ1) is 12.2. The zero-order valence-corrected chi connectivity index (χ0v) is 13.8. The average molecular weight is 350 g/mol. The molecule has 0 saturated carbocycles. The summed E-state index contributed by atoms with van der Waals surface area (Å²) in [7, 11) is 0. The second-order valence-corrected chi connectivity index (χ2v) is 5.90. The molecule has 0 atom stereocenters. The lowest BCUT2D eigenvalue weighted by atomic mass is 10.2. The Balaban J connectivity index is 1.81. The van der Waals surface area contributed by atoms with Gasteiger partial charge in [-0.1, -0.05) is 30.2 Å². The molecule has 3 aromatic rings. The number of thioether (sulfide) groups is 1. The Hall–Kier alpha value is -3.17. The summed E-state index contributed by atoms with van der Waals surface area (Å²) in [5.74, 6) is 1.68. The molecule has 0 bridgehead atoms. The first-order valence-corrected chi connectivity index (χ1v) is 8.10. The minimum atomic E-state index is -1.31. The van der Waals surface area contributed by atoms with Crippen LogP contribution in [0.15, 0.2) is 63.1 Å². The molecule has 0 amide bonds. The topological polar surface area (TPSA) is 75.4 Å². The maximum Gasteiger partial charge on any atom is 0.261 e. The van der Waals surface area contributed by atoms with Crippen molar-refractivity contribution in [3.8, 4) is 18.1 Å². The Morgan fingerprint density at radius 2 is 2.04 bits per heavy atom. The molecule has 5 nitrogen and oxygen atoms in total. The SMILES string of the molecule is C#CCOc1ccc(/C=C(/Sc2nc3ccccc3o2)C(=O)[O-])cc1. The van der Waals surface area contributed by atoms with Crippen LogP contribution in [0, 0.1) is 12.3 Å². The van der Waals surface area contributed by atoms with Gasteiger partial charge < -0.3 is 19.1 Å². The van der Waals surface area contributed by atoms with Gasteiger partial charge in [-0.2, -0.15) is 0 Å². The number of rotatable bonds is 6. The minimum Gasteiger partial charge on any atom is -0.544 e. The van der Waals surface area contributed by atoms with Crippen LogP contribution in [0.2, 0.25) is 0 Å². The molecule has 1 aromatic heterocycles. The molecule has 2 aromatic carbocycles. The smallest absolute Gasteiger partial charge is 0.261 e. The lowest BCUT2D eigenvalue weighted by Gasteiger charge is -2.06. The number of carboxylic acids is 1. The summed E-state index contributed by atoms with van der Waals surface area (Å²) in [5.41, 5.74) is 1.94. The van der Waals surface area contributed by atoms with Gasteiger partial charge in [-0.3, -0.25) is 0 Å². The van der Waals surface area contributed by atoms with Gasteiger partial charge in [0.25, 0.3) is 5.22 Å². The molecule has 0 radical (unpaired) electrons. The van der Waals surface area contributed by atoms with Crippen LogP contribution < -0.4 is 9.84 Å². The van der Waals surface area contributed by atoms with Gasteiger partial charge in [0.2, 0.25) is 0 Å². The number of carbonyl (C=O) groups excluding carboxylic acids is 1. The van der Waals surface area contributed by atoms with Crippen molar-refractivity contribution < 1.29 is 19.1 Å². The number of oxazole rings is 1. The predicted octanol–water partition coefficient (Wildman–Crippen LogP) is 2.72. The van der Waals surface area contributed by atoms with E-state index in [1.165, 1.54) is 6.08 Å². The second kappa shape index (κ2) is 7.60. The van der Waals surface area contributed by atoms with Crippen LogP contribution in [0.1, 0.15) is 5.56 Å². The Morgan fingerprint density at radius 1 is 1.28 bits per heavy atom. The Kier molecular flexibility index (Phi) is 5.07. The number of benzene rings is 2. The molecule has 124 valence electrons. The highest BCUT2D eigenvalue weighted by Crippen LogP contribution is 2.30. The average Bonchev–Trinajstić information content (AvgIpc) is 3.03. The zero-order valence-electron chi connectivity index (χ0n) is 13.0. The molecule has 0 aliphatic heterocycles. The third kappa shape index (κ3) is 4.22. The van der Waals surface area contributed by atoms with Crippen LogP contribution in [0.3, 0.4) is 0 Å². The molecular formula is C19H12NO4S-. The Bertz CT molecular complexity index is 934. The molecule has 0 N–H and O–H groups in total. The van der Waals surface area contributed by atoms with Crippen molar-refractivity contribution in [2.24, 2.45) is 0 Å². The largest absolute Gasteiger partial charge is 0.544 e. The summed E-state index contributed by atoms with van der Waals surface area (Å²) in [6, 6.07) is 14.1. The van der Waals surface area contributed by atoms with Gasteiger partial charge in [0.05, 0.1) is 5.97 Å². The molecule has 0 fully saturated rings. The first kappa shape index (κ1) is 16.7. The van der Waals surface area contributed by atoms with Gasteiger partial charge >= 0.3 is 0 Å². The third-order valence-corrected chi connectivity index (χ3v) is 4.03. The highest BCUT2D eigenvalue weighted by Gasteiger charge is 2.10. The van der Waals surface area contributed by atoms with Crippen LogP contribution in [-0.2, 0) is 4.79 Å².